The van der Waals surface area contributed by atoms with Gasteiger partial charge in [-0.3, -0.25) is 0 Å². The highest BCUT2D eigenvalue weighted by Crippen LogP contribution is 2.32. The van der Waals surface area contributed by atoms with Crippen LogP contribution in [-0.4, -0.2) is 214 Å². The van der Waals surface area contributed by atoms with Gasteiger partial charge in [0.15, 0.2) is 24.8 Å². The van der Waals surface area contributed by atoms with Crippen LogP contribution >= 0.6 is 0 Å². The van der Waals surface area contributed by atoms with Gasteiger partial charge in [0.1, 0.15) is 73.2 Å². The zero-order chi connectivity index (χ0) is 35.2. The largest absolute Gasteiger partial charge is 0.450 e. The minimum Gasteiger partial charge on any atom is -0.450 e. The maximum Gasteiger partial charge on any atom is 0.227 e. The van der Waals surface area contributed by atoms with E-state index in [1.807, 2.05) is 0 Å². The lowest BCUT2D eigenvalue weighted by Gasteiger charge is -2.43. The third-order valence-electron chi connectivity index (χ3n) is 8.05. The van der Waals surface area contributed by atoms with E-state index in [9.17, 15) is 66.4 Å². The van der Waals surface area contributed by atoms with Crippen molar-refractivity contribution in [3.05, 3.63) is 0 Å². The molecule has 2 fully saturated rings. The van der Waals surface area contributed by atoms with E-state index in [4.69, 9.17) is 33.5 Å². The van der Waals surface area contributed by atoms with Gasteiger partial charge in [-0.25, -0.2) is 4.99 Å². The summed E-state index contributed by atoms with van der Waals surface area (Å²) in [4.78, 5) is 4.08. The monoisotopic (exact) mass is 693 g/mol. The molecule has 6 unspecified atom stereocenters. The molecule has 3 aliphatic heterocycles. The van der Waals surface area contributed by atoms with Crippen molar-refractivity contribution in [3.8, 4) is 0 Å². The van der Waals surface area contributed by atoms with Gasteiger partial charge in [-0.05, 0) is 12.8 Å². The highest BCUT2D eigenvalue weighted by molar-refractivity contribution is 5.75. The Morgan fingerprint density at radius 3 is 1.98 bits per heavy atom. The molecule has 0 aromatic rings. The van der Waals surface area contributed by atoms with Crippen molar-refractivity contribution < 1.29 is 99.9 Å². The number of aliphatic imine (C=N–C) groups is 1. The Balaban J connectivity index is 1.74. The SMILES string of the molecule is CC1=NC2[C@@H](O1)OC(CO)[C@@H](O[C@H](O)C(O)[C@H](O[C@H]1O[C@@H](CO)[C@@H](O)C(O)C1O)[C@H](O)CCO[C@@H](O)C(O)[C@@H](O)[C@H](O)CCO)[C@@H]2O. The first kappa shape index (κ1) is 40.1. The summed E-state index contributed by atoms with van der Waals surface area (Å²) < 4.78 is 32.1. The third kappa shape index (κ3) is 9.70. The van der Waals surface area contributed by atoms with Crippen LogP contribution in [0.2, 0.25) is 0 Å². The minimum absolute atomic E-state index is 0.170. The molecule has 0 spiro atoms. The van der Waals surface area contributed by atoms with Crippen molar-refractivity contribution in [2.24, 2.45) is 4.99 Å². The maximum absolute atomic E-state index is 11.1. The maximum atomic E-state index is 11.1. The number of aliphatic hydroxyl groups is 14. The van der Waals surface area contributed by atoms with Crippen LogP contribution in [0.25, 0.3) is 0 Å². The molecular formula is C26H47NO20. The molecule has 0 saturated carbocycles. The van der Waals surface area contributed by atoms with E-state index in [-0.39, 0.29) is 12.3 Å². The summed E-state index contributed by atoms with van der Waals surface area (Å²) >= 11 is 0. The molecule has 0 radical (unpaired) electrons. The number of ether oxygens (including phenoxy) is 6. The second-order valence-electron chi connectivity index (χ2n) is 11.4. The first-order valence-electron chi connectivity index (χ1n) is 14.9. The van der Waals surface area contributed by atoms with E-state index in [2.05, 4.69) is 4.99 Å². The quantitative estimate of drug-likeness (QED) is 0.0592. The van der Waals surface area contributed by atoms with Crippen LogP contribution in [0.5, 0.6) is 0 Å². The van der Waals surface area contributed by atoms with E-state index in [1.54, 1.807) is 0 Å². The molecule has 14 N–H and O–H groups in total. The summed E-state index contributed by atoms with van der Waals surface area (Å²) in [6.45, 7) is -1.26. The summed E-state index contributed by atoms with van der Waals surface area (Å²) in [6, 6.07) is -1.03. The van der Waals surface area contributed by atoms with E-state index < -0.39 is 143 Å². The summed E-state index contributed by atoms with van der Waals surface area (Å²) in [7, 11) is 0. The van der Waals surface area contributed by atoms with Gasteiger partial charge in [0.05, 0.1) is 32.0 Å². The summed E-state index contributed by atoms with van der Waals surface area (Å²) in [5.41, 5.74) is 0. The molecule has 0 bridgehead atoms. The number of nitrogens with zero attached hydrogens (tertiary/aromatic N) is 1. The molecule has 47 heavy (non-hydrogen) atoms. The molecule has 0 aliphatic carbocycles. The van der Waals surface area contributed by atoms with Gasteiger partial charge < -0.3 is 99.9 Å². The van der Waals surface area contributed by atoms with Crippen LogP contribution in [0.1, 0.15) is 19.8 Å². The first-order valence-corrected chi connectivity index (χ1v) is 14.9. The average molecular weight is 694 g/mol. The van der Waals surface area contributed by atoms with Gasteiger partial charge in [0, 0.05) is 13.5 Å². The standard InChI is InChI=1S/C26H47NO20/c1-8-27-13-16(35)22(12(7-30)45-25(13)43-8)46-24(41)20(39)21(47-26-19(38)17(36)15(34)11(6-29)44-26)10(32)3-5-42-23(40)18(37)14(33)9(31)2-4-28/h9-26,28-41H,2-7H2,1H3/t9-,10-,11+,12?,13?,14+,15-,16-,17?,18?,19?,20?,21-,22-,23-,24+,25+,26-/m1/s1. The lowest BCUT2D eigenvalue weighted by Crippen LogP contribution is -2.62. The summed E-state index contributed by atoms with van der Waals surface area (Å²) in [5.74, 6) is 0.170. The average Bonchev–Trinajstić information content (AvgIpc) is 3.43. The molecule has 0 aromatic heterocycles. The zero-order valence-corrected chi connectivity index (χ0v) is 25.3. The molecule has 21 nitrogen and oxygen atoms in total. The summed E-state index contributed by atoms with van der Waals surface area (Å²) in [6.07, 6.45) is -31.7. The number of aliphatic hydroxyl groups excluding tert-OH is 14. The van der Waals surface area contributed by atoms with Crippen LogP contribution in [0, 0.1) is 0 Å². The molecule has 18 atom stereocenters. The van der Waals surface area contributed by atoms with Gasteiger partial charge in [0.25, 0.3) is 0 Å². The fraction of sp³-hybridized carbons (Fsp3) is 0.962. The number of rotatable bonds is 18. The molecule has 3 aliphatic rings. The Bertz CT molecular complexity index is 963. The second kappa shape index (κ2) is 18.1. The molecule has 276 valence electrons. The van der Waals surface area contributed by atoms with Crippen molar-refractivity contribution in [1.82, 2.24) is 0 Å². The summed E-state index contributed by atoms with van der Waals surface area (Å²) in [5, 5.41) is 142. The number of hydrogen-bond donors (Lipinski definition) is 14. The van der Waals surface area contributed by atoms with Crippen LogP contribution in [0.4, 0.5) is 0 Å². The third-order valence-corrected chi connectivity index (χ3v) is 8.05. The van der Waals surface area contributed by atoms with E-state index >= 15 is 0 Å². The van der Waals surface area contributed by atoms with Crippen molar-refractivity contribution in [1.29, 1.82) is 0 Å². The zero-order valence-electron chi connectivity index (χ0n) is 25.3. The number of fused-ring (bicyclic) bond motifs is 1. The molecular weight excluding hydrogens is 646 g/mol. The van der Waals surface area contributed by atoms with Crippen LogP contribution in [0.15, 0.2) is 4.99 Å². The smallest absolute Gasteiger partial charge is 0.227 e. The Hall–Kier alpha value is -1.29. The van der Waals surface area contributed by atoms with Crippen LogP contribution in [-0.2, 0) is 28.4 Å². The normalized spacial score (nSPS) is 37.9. The van der Waals surface area contributed by atoms with E-state index in [0.29, 0.717) is 0 Å². The lowest BCUT2D eigenvalue weighted by atomic mass is 9.97. The second-order valence-corrected chi connectivity index (χ2v) is 11.4. The molecule has 21 heteroatoms. The Morgan fingerprint density at radius 2 is 1.36 bits per heavy atom. The Kier molecular flexibility index (Phi) is 15.5. The molecule has 2 saturated heterocycles. The molecule has 3 heterocycles. The fourth-order valence-corrected chi connectivity index (χ4v) is 5.27. The minimum atomic E-state index is -2.34. The highest BCUT2D eigenvalue weighted by Gasteiger charge is 2.52. The van der Waals surface area contributed by atoms with E-state index in [1.165, 1.54) is 6.92 Å². The van der Waals surface area contributed by atoms with E-state index in [0.717, 1.165) is 0 Å². The van der Waals surface area contributed by atoms with Gasteiger partial charge in [-0.2, -0.15) is 0 Å². The van der Waals surface area contributed by atoms with Crippen molar-refractivity contribution in [2.75, 3.05) is 26.4 Å². The predicted molar refractivity (Wildman–Crippen MR) is 148 cm³/mol. The fourth-order valence-electron chi connectivity index (χ4n) is 5.27. The van der Waals surface area contributed by atoms with Gasteiger partial charge in [-0.1, -0.05) is 0 Å². The Morgan fingerprint density at radius 1 is 0.702 bits per heavy atom. The highest BCUT2D eigenvalue weighted by atomic mass is 16.7. The topological polar surface area (TPSA) is 351 Å². The molecule has 0 amide bonds. The Labute approximate surface area is 268 Å². The van der Waals surface area contributed by atoms with Gasteiger partial charge in [0.2, 0.25) is 6.29 Å². The van der Waals surface area contributed by atoms with Gasteiger partial charge in [-0.15, -0.1) is 0 Å². The van der Waals surface area contributed by atoms with Crippen LogP contribution < -0.4 is 0 Å². The lowest BCUT2D eigenvalue weighted by molar-refractivity contribution is -0.339. The molecule has 3 rings (SSSR count). The molecule has 0 aromatic carbocycles. The van der Waals surface area contributed by atoms with Gasteiger partial charge >= 0.3 is 0 Å². The number of hydrogen-bond acceptors (Lipinski definition) is 21. The van der Waals surface area contributed by atoms with Crippen molar-refractivity contribution >= 4 is 5.90 Å². The van der Waals surface area contributed by atoms with Crippen molar-refractivity contribution in [2.45, 2.75) is 130 Å². The predicted octanol–water partition coefficient (Wildman–Crippen LogP) is -8.32. The first-order chi connectivity index (χ1) is 22.2. The van der Waals surface area contributed by atoms with Crippen LogP contribution in [0.3, 0.4) is 0 Å². The van der Waals surface area contributed by atoms with Crippen molar-refractivity contribution in [3.63, 3.8) is 0 Å².